The molecule has 0 atom stereocenters. The molecule has 3 N–H and O–H groups in total. The summed E-state index contributed by atoms with van der Waals surface area (Å²) in [7, 11) is 2.00. The molecule has 0 radical (unpaired) electrons. The lowest BCUT2D eigenvalue weighted by molar-refractivity contribution is 0.884. The van der Waals surface area contributed by atoms with Crippen molar-refractivity contribution in [3.63, 3.8) is 0 Å². The first kappa shape index (κ1) is 12.3. The standard InChI is InChI=1S/C13H17N5/c1-10-5-3-4-6-11(10)8-18(2)13-7-12(17-14)15-9-16-13/h3-7,9H,8,14H2,1-2H3,(H,15,16,17). The first-order valence-electron chi connectivity index (χ1n) is 5.75. The van der Waals surface area contributed by atoms with Crippen LogP contribution in [0.1, 0.15) is 11.1 Å². The van der Waals surface area contributed by atoms with E-state index in [1.54, 1.807) is 0 Å². The summed E-state index contributed by atoms with van der Waals surface area (Å²) < 4.78 is 0. The predicted octanol–water partition coefficient (Wildman–Crippen LogP) is 1.71. The van der Waals surface area contributed by atoms with Gasteiger partial charge in [-0.25, -0.2) is 15.8 Å². The summed E-state index contributed by atoms with van der Waals surface area (Å²) in [5, 5.41) is 0. The number of hydrogen-bond donors (Lipinski definition) is 2. The number of nitrogens with one attached hydrogen (secondary N) is 1. The van der Waals surface area contributed by atoms with Crippen LogP contribution in [0, 0.1) is 6.92 Å². The summed E-state index contributed by atoms with van der Waals surface area (Å²) in [5.74, 6) is 6.78. The number of nitrogen functional groups attached to an aromatic ring is 1. The molecule has 0 aliphatic heterocycles. The molecular formula is C13H17N5. The van der Waals surface area contributed by atoms with E-state index in [4.69, 9.17) is 5.84 Å². The minimum Gasteiger partial charge on any atom is -0.355 e. The minimum absolute atomic E-state index is 0.608. The largest absolute Gasteiger partial charge is 0.355 e. The van der Waals surface area contributed by atoms with Crippen molar-refractivity contribution in [2.45, 2.75) is 13.5 Å². The van der Waals surface area contributed by atoms with Gasteiger partial charge < -0.3 is 10.3 Å². The van der Waals surface area contributed by atoms with Gasteiger partial charge in [-0.15, -0.1) is 0 Å². The average Bonchev–Trinajstić information content (AvgIpc) is 2.41. The molecule has 0 fully saturated rings. The molecule has 0 spiro atoms. The van der Waals surface area contributed by atoms with Crippen molar-refractivity contribution >= 4 is 11.6 Å². The van der Waals surface area contributed by atoms with E-state index < -0.39 is 0 Å². The molecule has 18 heavy (non-hydrogen) atoms. The zero-order valence-electron chi connectivity index (χ0n) is 10.6. The number of anilines is 2. The third kappa shape index (κ3) is 2.75. The molecule has 0 amide bonds. The van der Waals surface area contributed by atoms with Gasteiger partial charge in [-0.3, -0.25) is 0 Å². The molecule has 0 bridgehead atoms. The Hall–Kier alpha value is -2.14. The second kappa shape index (κ2) is 5.46. The third-order valence-electron chi connectivity index (χ3n) is 2.86. The Balaban J connectivity index is 2.16. The number of aryl methyl sites for hydroxylation is 1. The van der Waals surface area contributed by atoms with Crippen molar-refractivity contribution in [1.29, 1.82) is 0 Å². The van der Waals surface area contributed by atoms with E-state index in [0.717, 1.165) is 12.4 Å². The molecule has 0 aliphatic carbocycles. The monoisotopic (exact) mass is 243 g/mol. The van der Waals surface area contributed by atoms with Crippen LogP contribution in [0.4, 0.5) is 11.6 Å². The fourth-order valence-corrected chi connectivity index (χ4v) is 1.76. The number of aromatic nitrogens is 2. The molecule has 0 saturated carbocycles. The highest BCUT2D eigenvalue weighted by atomic mass is 15.3. The Morgan fingerprint density at radius 2 is 2.06 bits per heavy atom. The van der Waals surface area contributed by atoms with Crippen LogP contribution in [0.5, 0.6) is 0 Å². The van der Waals surface area contributed by atoms with Crippen molar-refractivity contribution in [1.82, 2.24) is 9.97 Å². The lowest BCUT2D eigenvalue weighted by Gasteiger charge is -2.19. The molecule has 1 heterocycles. The van der Waals surface area contributed by atoms with Crippen LogP contribution in [-0.2, 0) is 6.54 Å². The van der Waals surface area contributed by atoms with Gasteiger partial charge >= 0.3 is 0 Å². The highest BCUT2D eigenvalue weighted by Gasteiger charge is 2.06. The Kier molecular flexibility index (Phi) is 3.74. The van der Waals surface area contributed by atoms with E-state index in [0.29, 0.717) is 5.82 Å². The smallest absolute Gasteiger partial charge is 0.145 e. The van der Waals surface area contributed by atoms with Gasteiger partial charge in [0.05, 0.1) is 0 Å². The Morgan fingerprint density at radius 3 is 2.78 bits per heavy atom. The fourth-order valence-electron chi connectivity index (χ4n) is 1.76. The van der Waals surface area contributed by atoms with Crippen LogP contribution in [0.25, 0.3) is 0 Å². The fraction of sp³-hybridized carbons (Fsp3) is 0.231. The van der Waals surface area contributed by atoms with E-state index in [-0.39, 0.29) is 0 Å². The maximum absolute atomic E-state index is 5.34. The topological polar surface area (TPSA) is 67.1 Å². The summed E-state index contributed by atoms with van der Waals surface area (Å²) in [6.45, 7) is 2.91. The number of nitrogens with zero attached hydrogens (tertiary/aromatic N) is 3. The molecule has 1 aromatic heterocycles. The summed E-state index contributed by atoms with van der Waals surface area (Å²) in [6, 6.07) is 10.1. The molecule has 5 nitrogen and oxygen atoms in total. The van der Waals surface area contributed by atoms with Crippen LogP contribution < -0.4 is 16.2 Å². The van der Waals surface area contributed by atoms with E-state index in [9.17, 15) is 0 Å². The van der Waals surface area contributed by atoms with Crippen molar-refractivity contribution in [2.75, 3.05) is 17.4 Å². The number of hydrogen-bond acceptors (Lipinski definition) is 5. The van der Waals surface area contributed by atoms with Crippen LogP contribution in [0.2, 0.25) is 0 Å². The van der Waals surface area contributed by atoms with E-state index in [1.807, 2.05) is 25.2 Å². The lowest BCUT2D eigenvalue weighted by atomic mass is 10.1. The predicted molar refractivity (Wildman–Crippen MR) is 73.1 cm³/mol. The molecule has 0 unspecified atom stereocenters. The molecule has 0 aliphatic rings. The van der Waals surface area contributed by atoms with Crippen LogP contribution in [0.15, 0.2) is 36.7 Å². The number of benzene rings is 1. The van der Waals surface area contributed by atoms with Gasteiger partial charge in [-0.2, -0.15) is 0 Å². The second-order valence-electron chi connectivity index (χ2n) is 4.19. The molecule has 2 aromatic rings. The highest BCUT2D eigenvalue weighted by molar-refractivity contribution is 5.48. The van der Waals surface area contributed by atoms with Gasteiger partial charge in [0, 0.05) is 19.7 Å². The van der Waals surface area contributed by atoms with Gasteiger partial charge in [0.15, 0.2) is 0 Å². The zero-order valence-corrected chi connectivity index (χ0v) is 10.6. The first-order valence-corrected chi connectivity index (χ1v) is 5.75. The van der Waals surface area contributed by atoms with Crippen molar-refractivity contribution in [3.05, 3.63) is 47.8 Å². The average molecular weight is 243 g/mol. The number of hydrazine groups is 1. The molecule has 1 aromatic carbocycles. The zero-order chi connectivity index (χ0) is 13.0. The van der Waals surface area contributed by atoms with Crippen molar-refractivity contribution in [2.24, 2.45) is 5.84 Å². The molecule has 94 valence electrons. The maximum Gasteiger partial charge on any atom is 0.145 e. The van der Waals surface area contributed by atoms with Gasteiger partial charge in [-0.1, -0.05) is 24.3 Å². The van der Waals surface area contributed by atoms with E-state index >= 15 is 0 Å². The SMILES string of the molecule is Cc1ccccc1CN(C)c1cc(NN)ncn1. The Morgan fingerprint density at radius 1 is 1.28 bits per heavy atom. The van der Waals surface area contributed by atoms with Gasteiger partial charge in [-0.05, 0) is 18.1 Å². The van der Waals surface area contributed by atoms with Crippen LogP contribution in [0.3, 0.4) is 0 Å². The van der Waals surface area contributed by atoms with Crippen LogP contribution in [-0.4, -0.2) is 17.0 Å². The Labute approximate surface area is 107 Å². The first-order chi connectivity index (χ1) is 8.70. The van der Waals surface area contributed by atoms with Crippen molar-refractivity contribution in [3.8, 4) is 0 Å². The van der Waals surface area contributed by atoms with E-state index in [1.165, 1.54) is 17.5 Å². The summed E-state index contributed by atoms with van der Waals surface area (Å²) in [5.41, 5.74) is 5.07. The van der Waals surface area contributed by atoms with Gasteiger partial charge in [0.25, 0.3) is 0 Å². The molecule has 0 saturated heterocycles. The number of rotatable bonds is 4. The van der Waals surface area contributed by atoms with Crippen molar-refractivity contribution < 1.29 is 0 Å². The molecular weight excluding hydrogens is 226 g/mol. The summed E-state index contributed by atoms with van der Waals surface area (Å²) in [6.07, 6.45) is 1.50. The number of nitrogens with two attached hydrogens (primary N) is 1. The maximum atomic E-state index is 5.34. The normalized spacial score (nSPS) is 10.2. The lowest BCUT2D eigenvalue weighted by Crippen LogP contribution is -2.19. The summed E-state index contributed by atoms with van der Waals surface area (Å²) >= 11 is 0. The van der Waals surface area contributed by atoms with Crippen LogP contribution >= 0.6 is 0 Å². The third-order valence-corrected chi connectivity index (χ3v) is 2.86. The van der Waals surface area contributed by atoms with E-state index in [2.05, 4.69) is 39.4 Å². The molecule has 5 heteroatoms. The highest BCUT2D eigenvalue weighted by Crippen LogP contribution is 2.16. The Bertz CT molecular complexity index is 526. The molecule has 2 rings (SSSR count). The summed E-state index contributed by atoms with van der Waals surface area (Å²) in [4.78, 5) is 10.3. The minimum atomic E-state index is 0.608. The quantitative estimate of drug-likeness (QED) is 0.632. The van der Waals surface area contributed by atoms with Gasteiger partial charge in [0.2, 0.25) is 0 Å². The van der Waals surface area contributed by atoms with Gasteiger partial charge in [0.1, 0.15) is 18.0 Å². The second-order valence-corrected chi connectivity index (χ2v) is 4.19.